The van der Waals surface area contributed by atoms with Crippen LogP contribution in [0.1, 0.15) is 19.4 Å². The fraction of sp³-hybridized carbons (Fsp3) is 0.286. The van der Waals surface area contributed by atoms with Gasteiger partial charge in [-0.1, -0.05) is 30.3 Å². The number of nitrogen functional groups attached to an aromatic ring is 1. The molecule has 0 fully saturated rings. The van der Waals surface area contributed by atoms with Crippen LogP contribution in [0.3, 0.4) is 0 Å². The highest BCUT2D eigenvalue weighted by atomic mass is 15.2. The van der Waals surface area contributed by atoms with Gasteiger partial charge in [-0.3, -0.25) is 0 Å². The lowest BCUT2D eigenvalue weighted by Crippen LogP contribution is -2.31. The van der Waals surface area contributed by atoms with Gasteiger partial charge in [0, 0.05) is 12.6 Å². The Morgan fingerprint density at radius 2 is 1.94 bits per heavy atom. The molecule has 0 aliphatic carbocycles. The molecule has 1 aromatic carbocycles. The molecule has 0 amide bonds. The molecule has 1 heterocycles. The van der Waals surface area contributed by atoms with Crippen molar-refractivity contribution in [3.05, 3.63) is 48.4 Å². The highest BCUT2D eigenvalue weighted by Crippen LogP contribution is 2.22. The molecular formula is C14H18N4. The molecule has 0 saturated carbocycles. The second-order valence-corrected chi connectivity index (χ2v) is 4.51. The number of nitrogens with two attached hydrogens (primary N) is 1. The molecule has 0 aliphatic heterocycles. The Kier molecular flexibility index (Phi) is 3.77. The number of aromatic nitrogens is 2. The van der Waals surface area contributed by atoms with Crippen LogP contribution < -0.4 is 10.6 Å². The van der Waals surface area contributed by atoms with E-state index < -0.39 is 0 Å². The first kappa shape index (κ1) is 12.4. The van der Waals surface area contributed by atoms with Gasteiger partial charge in [-0.15, -0.1) is 0 Å². The van der Waals surface area contributed by atoms with Gasteiger partial charge in [0.2, 0.25) is 0 Å². The van der Waals surface area contributed by atoms with Crippen LogP contribution in [0.25, 0.3) is 0 Å². The van der Waals surface area contributed by atoms with Crippen LogP contribution in [0.4, 0.5) is 11.5 Å². The molecule has 0 saturated heterocycles. The lowest BCUT2D eigenvalue weighted by Gasteiger charge is -2.28. The van der Waals surface area contributed by atoms with Crippen molar-refractivity contribution in [1.82, 2.24) is 9.97 Å². The summed E-state index contributed by atoms with van der Waals surface area (Å²) in [5, 5.41) is 0. The SMILES string of the molecule is CC(C)N(Cc1ccccc1)c1ncncc1N. The highest BCUT2D eigenvalue weighted by Gasteiger charge is 2.15. The smallest absolute Gasteiger partial charge is 0.155 e. The van der Waals surface area contributed by atoms with E-state index in [-0.39, 0.29) is 0 Å². The van der Waals surface area contributed by atoms with Crippen molar-refractivity contribution in [2.24, 2.45) is 0 Å². The van der Waals surface area contributed by atoms with E-state index >= 15 is 0 Å². The molecule has 4 nitrogen and oxygen atoms in total. The summed E-state index contributed by atoms with van der Waals surface area (Å²) in [6.07, 6.45) is 3.18. The van der Waals surface area contributed by atoms with Crippen LogP contribution in [0, 0.1) is 0 Å². The minimum Gasteiger partial charge on any atom is -0.394 e. The molecule has 0 radical (unpaired) electrons. The molecule has 2 aromatic rings. The standard InChI is InChI=1S/C14H18N4/c1-11(2)18(9-12-6-4-3-5-7-12)14-13(15)8-16-10-17-14/h3-8,10-11H,9,15H2,1-2H3. The Balaban J connectivity index is 2.27. The minimum atomic E-state index is 0.322. The van der Waals surface area contributed by atoms with Crippen molar-refractivity contribution in [2.75, 3.05) is 10.6 Å². The van der Waals surface area contributed by atoms with Gasteiger partial charge in [0.15, 0.2) is 5.82 Å². The number of hydrogen-bond donors (Lipinski definition) is 1. The molecule has 1 aromatic heterocycles. The predicted molar refractivity (Wildman–Crippen MR) is 74.2 cm³/mol. The van der Waals surface area contributed by atoms with E-state index in [4.69, 9.17) is 5.73 Å². The number of nitrogens with zero attached hydrogens (tertiary/aromatic N) is 3. The molecule has 0 bridgehead atoms. The van der Waals surface area contributed by atoms with Crippen molar-refractivity contribution in [2.45, 2.75) is 26.4 Å². The van der Waals surface area contributed by atoms with Crippen LogP contribution in [0.2, 0.25) is 0 Å². The zero-order valence-corrected chi connectivity index (χ0v) is 10.7. The number of hydrogen-bond acceptors (Lipinski definition) is 4. The van der Waals surface area contributed by atoms with Crippen molar-refractivity contribution >= 4 is 11.5 Å². The molecule has 2 rings (SSSR count). The van der Waals surface area contributed by atoms with E-state index in [1.807, 2.05) is 18.2 Å². The summed E-state index contributed by atoms with van der Waals surface area (Å²) in [6, 6.07) is 10.6. The third kappa shape index (κ3) is 2.77. The van der Waals surface area contributed by atoms with Gasteiger partial charge >= 0.3 is 0 Å². The van der Waals surface area contributed by atoms with Gasteiger partial charge in [0.05, 0.1) is 11.9 Å². The van der Waals surface area contributed by atoms with Crippen molar-refractivity contribution < 1.29 is 0 Å². The maximum absolute atomic E-state index is 5.95. The first-order chi connectivity index (χ1) is 8.68. The van der Waals surface area contributed by atoms with Crippen molar-refractivity contribution in [3.63, 3.8) is 0 Å². The second kappa shape index (κ2) is 5.49. The Morgan fingerprint density at radius 1 is 1.22 bits per heavy atom. The van der Waals surface area contributed by atoms with Gasteiger partial charge < -0.3 is 10.6 Å². The molecule has 0 unspecified atom stereocenters. The summed E-state index contributed by atoms with van der Waals surface area (Å²) in [5.41, 5.74) is 7.80. The highest BCUT2D eigenvalue weighted by molar-refractivity contribution is 5.61. The molecule has 0 aliphatic rings. The molecule has 94 valence electrons. The third-order valence-electron chi connectivity index (χ3n) is 2.81. The van der Waals surface area contributed by atoms with Gasteiger partial charge in [-0.05, 0) is 19.4 Å². The van der Waals surface area contributed by atoms with Crippen LogP contribution in [-0.2, 0) is 6.54 Å². The van der Waals surface area contributed by atoms with Crippen molar-refractivity contribution in [1.29, 1.82) is 0 Å². The summed E-state index contributed by atoms with van der Waals surface area (Å²) in [4.78, 5) is 10.4. The summed E-state index contributed by atoms with van der Waals surface area (Å²) in [6.45, 7) is 5.05. The maximum atomic E-state index is 5.95. The normalized spacial score (nSPS) is 10.6. The number of anilines is 2. The van der Waals surface area contributed by atoms with Crippen molar-refractivity contribution in [3.8, 4) is 0 Å². The van der Waals surface area contributed by atoms with Gasteiger partial charge in [0.1, 0.15) is 6.33 Å². The maximum Gasteiger partial charge on any atom is 0.155 e. The fourth-order valence-corrected chi connectivity index (χ4v) is 1.86. The van der Waals surface area contributed by atoms with E-state index in [0.29, 0.717) is 11.7 Å². The Bertz CT molecular complexity index is 496. The monoisotopic (exact) mass is 242 g/mol. The number of benzene rings is 1. The lowest BCUT2D eigenvalue weighted by molar-refractivity contribution is 0.672. The zero-order chi connectivity index (χ0) is 13.0. The molecule has 0 spiro atoms. The summed E-state index contributed by atoms with van der Waals surface area (Å²) < 4.78 is 0. The van der Waals surface area contributed by atoms with E-state index in [1.165, 1.54) is 11.9 Å². The van der Waals surface area contributed by atoms with Crippen LogP contribution in [-0.4, -0.2) is 16.0 Å². The average molecular weight is 242 g/mol. The Labute approximate surface area is 107 Å². The lowest BCUT2D eigenvalue weighted by atomic mass is 10.2. The van der Waals surface area contributed by atoms with Gasteiger partial charge in [-0.25, -0.2) is 9.97 Å². The van der Waals surface area contributed by atoms with Gasteiger partial charge in [-0.2, -0.15) is 0 Å². The summed E-state index contributed by atoms with van der Waals surface area (Å²) >= 11 is 0. The first-order valence-corrected chi connectivity index (χ1v) is 6.04. The zero-order valence-electron chi connectivity index (χ0n) is 10.7. The minimum absolute atomic E-state index is 0.322. The second-order valence-electron chi connectivity index (χ2n) is 4.51. The Hall–Kier alpha value is -2.10. The molecular weight excluding hydrogens is 224 g/mol. The van der Waals surface area contributed by atoms with Crippen LogP contribution in [0.5, 0.6) is 0 Å². The predicted octanol–water partition coefficient (Wildman–Crippen LogP) is 2.47. The Morgan fingerprint density at radius 3 is 2.56 bits per heavy atom. The van der Waals surface area contributed by atoms with E-state index in [1.54, 1.807) is 6.20 Å². The van der Waals surface area contributed by atoms with E-state index in [0.717, 1.165) is 12.4 Å². The largest absolute Gasteiger partial charge is 0.394 e. The molecule has 18 heavy (non-hydrogen) atoms. The fourth-order valence-electron chi connectivity index (χ4n) is 1.86. The topological polar surface area (TPSA) is 55.0 Å². The summed E-state index contributed by atoms with van der Waals surface area (Å²) in [7, 11) is 0. The van der Waals surface area contributed by atoms with Crippen LogP contribution in [0.15, 0.2) is 42.9 Å². The van der Waals surface area contributed by atoms with Gasteiger partial charge in [0.25, 0.3) is 0 Å². The molecule has 0 atom stereocenters. The molecule has 4 heteroatoms. The summed E-state index contributed by atoms with van der Waals surface area (Å²) in [5.74, 6) is 0.795. The van der Waals surface area contributed by atoms with Crippen LogP contribution >= 0.6 is 0 Å². The van der Waals surface area contributed by atoms with E-state index in [9.17, 15) is 0 Å². The quantitative estimate of drug-likeness (QED) is 0.894. The average Bonchev–Trinajstić information content (AvgIpc) is 2.38. The van der Waals surface area contributed by atoms with E-state index in [2.05, 4.69) is 40.8 Å². The number of rotatable bonds is 4. The third-order valence-corrected chi connectivity index (χ3v) is 2.81. The molecule has 2 N–H and O–H groups in total. The first-order valence-electron chi connectivity index (χ1n) is 6.04.